The van der Waals surface area contributed by atoms with Crippen molar-refractivity contribution in [1.29, 1.82) is 0 Å². The van der Waals surface area contributed by atoms with E-state index >= 15 is 0 Å². The Morgan fingerprint density at radius 1 is 1.33 bits per heavy atom. The molecule has 122 valence electrons. The van der Waals surface area contributed by atoms with Gasteiger partial charge in [0.2, 0.25) is 5.91 Å². The first kappa shape index (κ1) is 18.3. The molecule has 0 saturated carbocycles. The summed E-state index contributed by atoms with van der Waals surface area (Å²) < 4.78 is 23.6. The molecule has 0 aliphatic carbocycles. The van der Waals surface area contributed by atoms with Crippen LogP contribution in [0.5, 0.6) is 0 Å². The lowest BCUT2D eigenvalue weighted by molar-refractivity contribution is -0.154. The van der Waals surface area contributed by atoms with E-state index in [2.05, 4.69) is 0 Å². The van der Waals surface area contributed by atoms with Crippen LogP contribution in [0.1, 0.15) is 33.1 Å². The van der Waals surface area contributed by atoms with Gasteiger partial charge in [0.1, 0.15) is 5.37 Å². The number of carboxylic acid groups (broad SMARTS) is 1. The Balaban J connectivity index is 2.97. The lowest BCUT2D eigenvalue weighted by Crippen LogP contribution is -2.51. The van der Waals surface area contributed by atoms with E-state index in [4.69, 9.17) is 0 Å². The molecule has 0 aromatic rings. The molecule has 0 aromatic carbocycles. The summed E-state index contributed by atoms with van der Waals surface area (Å²) in [6.45, 7) is 3.83. The van der Waals surface area contributed by atoms with E-state index < -0.39 is 26.6 Å². The molecule has 0 spiro atoms. The molecule has 0 radical (unpaired) electrons. The van der Waals surface area contributed by atoms with E-state index in [-0.39, 0.29) is 12.3 Å². The maximum atomic E-state index is 12.5. The van der Waals surface area contributed by atoms with Gasteiger partial charge >= 0.3 is 5.97 Å². The molecule has 1 rings (SSSR count). The van der Waals surface area contributed by atoms with Crippen molar-refractivity contribution in [3.63, 3.8) is 0 Å². The van der Waals surface area contributed by atoms with Crippen LogP contribution >= 0.6 is 11.8 Å². The molecule has 1 fully saturated rings. The molecule has 0 aromatic heterocycles. The van der Waals surface area contributed by atoms with Crippen LogP contribution in [0.3, 0.4) is 0 Å². The zero-order valence-electron chi connectivity index (χ0n) is 12.7. The van der Waals surface area contributed by atoms with Crippen molar-refractivity contribution in [2.75, 3.05) is 24.3 Å². The third-order valence-corrected chi connectivity index (χ3v) is 6.84. The van der Waals surface area contributed by atoms with Crippen LogP contribution in [0.2, 0.25) is 0 Å². The molecule has 1 aliphatic rings. The highest BCUT2D eigenvalue weighted by atomic mass is 32.2. The molecule has 0 bridgehead atoms. The monoisotopic (exact) mass is 337 g/mol. The van der Waals surface area contributed by atoms with Crippen molar-refractivity contribution in [3.05, 3.63) is 0 Å². The van der Waals surface area contributed by atoms with E-state index in [1.165, 1.54) is 16.7 Å². The second-order valence-electron chi connectivity index (χ2n) is 5.42. The van der Waals surface area contributed by atoms with E-state index in [9.17, 15) is 23.1 Å². The number of thioether (sulfide) groups is 1. The minimum Gasteiger partial charge on any atom is -0.481 e. The second kappa shape index (κ2) is 7.00. The molecule has 1 atom stereocenters. The first-order valence-electron chi connectivity index (χ1n) is 6.97. The molecular weight excluding hydrogens is 314 g/mol. The maximum Gasteiger partial charge on any atom is 0.310 e. The van der Waals surface area contributed by atoms with Crippen molar-refractivity contribution < 1.29 is 23.1 Å². The van der Waals surface area contributed by atoms with Gasteiger partial charge in [-0.05, 0) is 12.8 Å². The van der Waals surface area contributed by atoms with E-state index in [0.29, 0.717) is 30.9 Å². The van der Waals surface area contributed by atoms with Crippen LogP contribution in [0, 0.1) is 5.41 Å². The zero-order chi connectivity index (χ0) is 16.3. The highest BCUT2D eigenvalue weighted by Gasteiger charge is 2.41. The number of carbonyl (C=O) groups is 2. The average molecular weight is 337 g/mol. The summed E-state index contributed by atoms with van der Waals surface area (Å²) in [6.07, 6.45) is 1.66. The Bertz CT molecular complexity index is 499. The molecule has 1 saturated heterocycles. The number of carboxylic acids is 1. The first-order chi connectivity index (χ1) is 9.68. The Kier molecular flexibility index (Phi) is 6.10. The number of hydrogen-bond donors (Lipinski definition) is 1. The minimum atomic E-state index is -3.37. The molecule has 21 heavy (non-hydrogen) atoms. The largest absolute Gasteiger partial charge is 0.481 e. The number of nitrogens with zero attached hydrogens (tertiary/aromatic N) is 1. The number of carbonyl (C=O) groups excluding carboxylic acids is 1. The van der Waals surface area contributed by atoms with Gasteiger partial charge in [-0.2, -0.15) is 11.8 Å². The zero-order valence-corrected chi connectivity index (χ0v) is 14.3. The van der Waals surface area contributed by atoms with Gasteiger partial charge < -0.3 is 10.0 Å². The molecule has 1 aliphatic heterocycles. The van der Waals surface area contributed by atoms with Crippen LogP contribution < -0.4 is 0 Å². The number of amides is 1. The summed E-state index contributed by atoms with van der Waals surface area (Å²) in [4.78, 5) is 25.3. The minimum absolute atomic E-state index is 0.147. The molecule has 1 amide bonds. The van der Waals surface area contributed by atoms with E-state index in [1.807, 2.05) is 0 Å². The third-order valence-electron chi connectivity index (χ3n) is 4.20. The van der Waals surface area contributed by atoms with Gasteiger partial charge in [-0.1, -0.05) is 13.8 Å². The molecule has 1 unspecified atom stereocenters. The Hall–Kier alpha value is -0.760. The van der Waals surface area contributed by atoms with Crippen molar-refractivity contribution in [3.8, 4) is 0 Å². The van der Waals surface area contributed by atoms with Gasteiger partial charge in [0.05, 0.1) is 5.41 Å². The normalized spacial score (nSPS) is 20.3. The average Bonchev–Trinajstić information content (AvgIpc) is 2.43. The number of hydrogen-bond acceptors (Lipinski definition) is 5. The summed E-state index contributed by atoms with van der Waals surface area (Å²) in [5.74, 6) is -0.348. The van der Waals surface area contributed by atoms with Crippen LogP contribution in [0.4, 0.5) is 0 Å². The maximum absolute atomic E-state index is 12.5. The topological polar surface area (TPSA) is 91.8 Å². The highest BCUT2D eigenvalue weighted by molar-refractivity contribution is 8.00. The fraction of sp³-hybridized carbons (Fsp3) is 0.846. The van der Waals surface area contributed by atoms with Gasteiger partial charge in [0.15, 0.2) is 9.84 Å². The van der Waals surface area contributed by atoms with Crippen molar-refractivity contribution in [2.45, 2.75) is 38.5 Å². The number of sulfone groups is 1. The van der Waals surface area contributed by atoms with Crippen LogP contribution in [-0.2, 0) is 19.4 Å². The second-order valence-corrected chi connectivity index (χ2v) is 8.77. The highest BCUT2D eigenvalue weighted by Crippen LogP contribution is 2.33. The Morgan fingerprint density at radius 2 is 1.90 bits per heavy atom. The van der Waals surface area contributed by atoms with Crippen LogP contribution in [0.15, 0.2) is 0 Å². The summed E-state index contributed by atoms with van der Waals surface area (Å²) in [6, 6.07) is 0. The van der Waals surface area contributed by atoms with Gasteiger partial charge in [0, 0.05) is 30.7 Å². The van der Waals surface area contributed by atoms with Crippen LogP contribution in [-0.4, -0.2) is 60.0 Å². The van der Waals surface area contributed by atoms with E-state index in [0.717, 1.165) is 6.26 Å². The molecule has 1 N–H and O–H groups in total. The Labute approximate surface area is 130 Å². The summed E-state index contributed by atoms with van der Waals surface area (Å²) in [7, 11) is -3.37. The van der Waals surface area contributed by atoms with Crippen molar-refractivity contribution in [1.82, 2.24) is 4.90 Å². The fourth-order valence-electron chi connectivity index (χ4n) is 2.49. The Morgan fingerprint density at radius 3 is 2.33 bits per heavy atom. The molecule has 6 nitrogen and oxygen atoms in total. The summed E-state index contributed by atoms with van der Waals surface area (Å²) >= 11 is 1.50. The molecule has 8 heteroatoms. The molecule has 1 heterocycles. The van der Waals surface area contributed by atoms with Gasteiger partial charge in [0.25, 0.3) is 0 Å². The standard InChI is InChI=1S/C13H23NO5S2/c1-4-13(5-2,12(16)17)8-10(15)14-6-7-20-9-11(14)21(3,18)19/h11H,4-9H2,1-3H3,(H,16,17). The quantitative estimate of drug-likeness (QED) is 0.783. The summed E-state index contributed by atoms with van der Waals surface area (Å²) in [5.41, 5.74) is -1.11. The number of rotatable bonds is 6. The van der Waals surface area contributed by atoms with Crippen LogP contribution in [0.25, 0.3) is 0 Å². The predicted molar refractivity (Wildman–Crippen MR) is 82.9 cm³/mol. The molecular formula is C13H23NO5S2. The first-order valence-corrected chi connectivity index (χ1v) is 10.1. The lowest BCUT2D eigenvalue weighted by atomic mass is 9.79. The SMILES string of the molecule is CCC(CC)(CC(=O)N1CCSCC1S(C)(=O)=O)C(=O)O. The van der Waals surface area contributed by atoms with Gasteiger partial charge in [-0.3, -0.25) is 9.59 Å². The van der Waals surface area contributed by atoms with Gasteiger partial charge in [-0.15, -0.1) is 0 Å². The smallest absolute Gasteiger partial charge is 0.310 e. The van der Waals surface area contributed by atoms with Crippen molar-refractivity contribution >= 4 is 33.5 Å². The fourth-order valence-corrected chi connectivity index (χ4v) is 5.33. The lowest BCUT2D eigenvalue weighted by Gasteiger charge is -2.36. The predicted octanol–water partition coefficient (Wildman–Crippen LogP) is 1.21. The third kappa shape index (κ3) is 4.12. The summed E-state index contributed by atoms with van der Waals surface area (Å²) in [5, 5.41) is 8.56. The number of aliphatic carboxylic acids is 1. The van der Waals surface area contributed by atoms with Crippen molar-refractivity contribution in [2.24, 2.45) is 5.41 Å². The van der Waals surface area contributed by atoms with Gasteiger partial charge in [-0.25, -0.2) is 8.42 Å². The van der Waals surface area contributed by atoms with E-state index in [1.54, 1.807) is 13.8 Å².